The van der Waals surface area contributed by atoms with Crippen LogP contribution in [0, 0.1) is 11.6 Å². The van der Waals surface area contributed by atoms with Gasteiger partial charge in [-0.2, -0.15) is 4.39 Å². The van der Waals surface area contributed by atoms with Crippen LogP contribution in [0.1, 0.15) is 23.3 Å². The number of carbonyl (C=O) groups is 2. The molecular formula is C18H19F2N3O4. The number of nitrogens with zero attached hydrogens (tertiary/aromatic N) is 1. The Morgan fingerprint density at radius 3 is 2.70 bits per heavy atom. The van der Waals surface area contributed by atoms with Gasteiger partial charge in [0.1, 0.15) is 11.8 Å². The standard InChI is InChI=1S/C11H13N3O3.C7H6F2O/c12-10(15)8-6-7(3-4-13-8)14-11(16)9-2-1-5-17-9;1-10-6-4-2-3-5(8)7(6)9/h3-4,6,9H,1-2,5H2,(H2,12,15)(H,13,14,16);2-4H,1H3/t9-;/m1./s1. The Balaban J connectivity index is 0.000000223. The van der Waals surface area contributed by atoms with Gasteiger partial charge in [0.2, 0.25) is 5.82 Å². The molecule has 2 amide bonds. The zero-order valence-electron chi connectivity index (χ0n) is 14.6. The molecule has 2 heterocycles. The summed E-state index contributed by atoms with van der Waals surface area (Å²) in [4.78, 5) is 26.4. The van der Waals surface area contributed by atoms with Gasteiger partial charge in [0.25, 0.3) is 11.8 Å². The Morgan fingerprint density at radius 1 is 1.33 bits per heavy atom. The zero-order valence-corrected chi connectivity index (χ0v) is 14.6. The first kappa shape index (κ1) is 20.2. The SMILES string of the molecule is COc1cccc(F)c1F.NC(=O)c1cc(NC(=O)[C@H]2CCCO2)ccn1. The van der Waals surface area contributed by atoms with Crippen LogP contribution in [0.15, 0.2) is 36.5 Å². The number of ether oxygens (including phenoxy) is 2. The first-order valence-electron chi connectivity index (χ1n) is 8.08. The number of nitrogens with one attached hydrogen (secondary N) is 1. The van der Waals surface area contributed by atoms with Crippen molar-refractivity contribution in [1.82, 2.24) is 4.98 Å². The van der Waals surface area contributed by atoms with Gasteiger partial charge in [-0.15, -0.1) is 0 Å². The molecule has 1 saturated heterocycles. The summed E-state index contributed by atoms with van der Waals surface area (Å²) in [5.74, 6) is -2.73. The number of hydrogen-bond acceptors (Lipinski definition) is 5. The molecule has 3 N–H and O–H groups in total. The van der Waals surface area contributed by atoms with Crippen molar-refractivity contribution < 1.29 is 27.8 Å². The van der Waals surface area contributed by atoms with Gasteiger partial charge in [-0.1, -0.05) is 6.07 Å². The number of hydrogen-bond donors (Lipinski definition) is 2. The normalized spacial score (nSPS) is 15.4. The fraction of sp³-hybridized carbons (Fsp3) is 0.278. The Bertz CT molecular complexity index is 811. The van der Waals surface area contributed by atoms with E-state index in [0.29, 0.717) is 12.3 Å². The highest BCUT2D eigenvalue weighted by atomic mass is 19.2. The topological polar surface area (TPSA) is 104 Å². The first-order valence-corrected chi connectivity index (χ1v) is 8.08. The van der Waals surface area contributed by atoms with Crippen LogP contribution in [0.3, 0.4) is 0 Å². The van der Waals surface area contributed by atoms with Crippen LogP contribution in [0.2, 0.25) is 0 Å². The molecule has 1 atom stereocenters. The number of primary amides is 1. The monoisotopic (exact) mass is 379 g/mol. The number of nitrogens with two attached hydrogens (primary N) is 1. The minimum atomic E-state index is -0.940. The van der Waals surface area contributed by atoms with Crippen molar-refractivity contribution in [3.05, 3.63) is 53.9 Å². The quantitative estimate of drug-likeness (QED) is 0.848. The lowest BCUT2D eigenvalue weighted by Gasteiger charge is -2.10. The van der Waals surface area contributed by atoms with E-state index < -0.39 is 23.6 Å². The van der Waals surface area contributed by atoms with Crippen LogP contribution in [-0.2, 0) is 9.53 Å². The second-order valence-corrected chi connectivity index (χ2v) is 5.54. The lowest BCUT2D eigenvalue weighted by molar-refractivity contribution is -0.124. The van der Waals surface area contributed by atoms with E-state index in [1.165, 1.54) is 31.5 Å². The summed E-state index contributed by atoms with van der Waals surface area (Å²) in [6.45, 7) is 0.612. The number of halogens is 2. The number of aromatic nitrogens is 1. The molecule has 3 rings (SSSR count). The van der Waals surface area contributed by atoms with Crippen LogP contribution in [-0.4, -0.2) is 36.6 Å². The highest BCUT2D eigenvalue weighted by molar-refractivity contribution is 5.96. The summed E-state index contributed by atoms with van der Waals surface area (Å²) < 4.78 is 34.6. The molecule has 27 heavy (non-hydrogen) atoms. The maximum Gasteiger partial charge on any atom is 0.267 e. The van der Waals surface area contributed by atoms with Crippen LogP contribution in [0.4, 0.5) is 14.5 Å². The second kappa shape index (κ2) is 9.58. The number of benzene rings is 1. The van der Waals surface area contributed by atoms with Gasteiger partial charge in [0, 0.05) is 18.5 Å². The fourth-order valence-electron chi connectivity index (χ4n) is 2.29. The minimum Gasteiger partial charge on any atom is -0.494 e. The average molecular weight is 379 g/mol. The van der Waals surface area contributed by atoms with Crippen LogP contribution < -0.4 is 15.8 Å². The molecule has 0 spiro atoms. The maximum atomic E-state index is 12.5. The lowest BCUT2D eigenvalue weighted by Crippen LogP contribution is -2.27. The van der Waals surface area contributed by atoms with Gasteiger partial charge in [-0.05, 0) is 37.1 Å². The van der Waals surface area contributed by atoms with Gasteiger partial charge in [0.15, 0.2) is 11.6 Å². The summed E-state index contributed by atoms with van der Waals surface area (Å²) in [5.41, 5.74) is 5.71. The number of methoxy groups -OCH3 is 1. The first-order chi connectivity index (χ1) is 12.9. The third-order valence-electron chi connectivity index (χ3n) is 3.64. The van der Waals surface area contributed by atoms with Gasteiger partial charge < -0.3 is 20.5 Å². The van der Waals surface area contributed by atoms with Crippen molar-refractivity contribution in [2.75, 3.05) is 19.0 Å². The summed E-state index contributed by atoms with van der Waals surface area (Å²) in [7, 11) is 1.29. The van der Waals surface area contributed by atoms with Crippen LogP contribution in [0.25, 0.3) is 0 Å². The minimum absolute atomic E-state index is 0.0694. The molecule has 7 nitrogen and oxygen atoms in total. The molecule has 1 fully saturated rings. The largest absolute Gasteiger partial charge is 0.494 e. The highest BCUT2D eigenvalue weighted by Crippen LogP contribution is 2.18. The molecule has 2 aromatic rings. The highest BCUT2D eigenvalue weighted by Gasteiger charge is 2.23. The number of anilines is 1. The number of rotatable bonds is 4. The van der Waals surface area contributed by atoms with Crippen molar-refractivity contribution in [2.45, 2.75) is 18.9 Å². The van der Waals surface area contributed by atoms with E-state index in [4.69, 9.17) is 10.5 Å². The van der Waals surface area contributed by atoms with Crippen molar-refractivity contribution >= 4 is 17.5 Å². The molecule has 9 heteroatoms. The van der Waals surface area contributed by atoms with Crippen LogP contribution in [0.5, 0.6) is 5.75 Å². The van der Waals surface area contributed by atoms with Gasteiger partial charge in [-0.25, -0.2) is 4.39 Å². The lowest BCUT2D eigenvalue weighted by atomic mass is 10.2. The van der Waals surface area contributed by atoms with Crippen LogP contribution >= 0.6 is 0 Å². The summed E-state index contributed by atoms with van der Waals surface area (Å²) in [6.07, 6.45) is 2.63. The summed E-state index contributed by atoms with van der Waals surface area (Å²) >= 11 is 0. The molecule has 0 saturated carbocycles. The Labute approximate surface area is 154 Å². The maximum absolute atomic E-state index is 12.5. The number of carbonyl (C=O) groups excluding carboxylic acids is 2. The average Bonchev–Trinajstić information content (AvgIpc) is 3.20. The van der Waals surface area contributed by atoms with E-state index in [1.807, 2.05) is 0 Å². The predicted molar refractivity (Wildman–Crippen MR) is 93.3 cm³/mol. The second-order valence-electron chi connectivity index (χ2n) is 5.54. The Hall–Kier alpha value is -3.07. The predicted octanol–water partition coefficient (Wildman–Crippen LogP) is 2.27. The summed E-state index contributed by atoms with van der Waals surface area (Å²) in [6, 6.07) is 6.82. The Kier molecular flexibility index (Phi) is 7.18. The van der Waals surface area contributed by atoms with Gasteiger partial charge >= 0.3 is 0 Å². The van der Waals surface area contributed by atoms with Gasteiger partial charge in [0.05, 0.1) is 7.11 Å². The van der Waals surface area contributed by atoms with Gasteiger partial charge in [-0.3, -0.25) is 14.6 Å². The molecule has 0 unspecified atom stereocenters. The molecule has 1 aliphatic heterocycles. The third kappa shape index (κ3) is 5.71. The van der Waals surface area contributed by atoms with Crippen molar-refractivity contribution in [2.24, 2.45) is 5.73 Å². The molecule has 1 aromatic heterocycles. The fourth-order valence-corrected chi connectivity index (χ4v) is 2.29. The van der Waals surface area contributed by atoms with E-state index in [2.05, 4.69) is 15.0 Å². The molecular weight excluding hydrogens is 360 g/mol. The number of amides is 2. The van der Waals surface area contributed by atoms with E-state index in [-0.39, 0.29) is 17.4 Å². The molecule has 144 valence electrons. The van der Waals surface area contributed by atoms with Crippen molar-refractivity contribution in [1.29, 1.82) is 0 Å². The smallest absolute Gasteiger partial charge is 0.267 e. The van der Waals surface area contributed by atoms with E-state index >= 15 is 0 Å². The molecule has 0 bridgehead atoms. The van der Waals surface area contributed by atoms with E-state index in [1.54, 1.807) is 6.07 Å². The van der Waals surface area contributed by atoms with E-state index in [9.17, 15) is 18.4 Å². The van der Waals surface area contributed by atoms with Crippen molar-refractivity contribution in [3.8, 4) is 5.75 Å². The third-order valence-corrected chi connectivity index (χ3v) is 3.64. The Morgan fingerprint density at radius 2 is 2.11 bits per heavy atom. The molecule has 0 aliphatic carbocycles. The van der Waals surface area contributed by atoms with Crippen molar-refractivity contribution in [3.63, 3.8) is 0 Å². The molecule has 1 aromatic carbocycles. The molecule has 1 aliphatic rings. The molecule has 0 radical (unpaired) electrons. The number of pyridine rings is 1. The summed E-state index contributed by atoms with van der Waals surface area (Å²) in [5, 5.41) is 2.67. The van der Waals surface area contributed by atoms with E-state index in [0.717, 1.165) is 18.9 Å². The zero-order chi connectivity index (χ0) is 19.8.